The van der Waals surface area contributed by atoms with Crippen LogP contribution in [0.3, 0.4) is 0 Å². The normalized spacial score (nSPS) is 21.8. The molecule has 7 nitrogen and oxygen atoms in total. The van der Waals surface area contributed by atoms with Gasteiger partial charge in [0.2, 0.25) is 10.0 Å². The molecule has 3 rings (SSSR count). The van der Waals surface area contributed by atoms with Crippen LogP contribution in [0.5, 0.6) is 5.75 Å². The number of nitrogens with one attached hydrogen (secondary N) is 1. The van der Waals surface area contributed by atoms with Gasteiger partial charge in [0.25, 0.3) is 0 Å². The maximum absolute atomic E-state index is 13.7. The first kappa shape index (κ1) is 22.3. The molecule has 0 amide bonds. The number of sulfonamides is 1. The van der Waals surface area contributed by atoms with Crippen molar-refractivity contribution in [2.45, 2.75) is 17.4 Å². The van der Waals surface area contributed by atoms with E-state index in [0.717, 1.165) is 38.7 Å². The van der Waals surface area contributed by atoms with Crippen molar-refractivity contribution in [2.75, 3.05) is 59.6 Å². The summed E-state index contributed by atoms with van der Waals surface area (Å²) in [7, 11) is -2.28. The van der Waals surface area contributed by atoms with Crippen LogP contribution in [0.2, 0.25) is 0 Å². The molecular weight excluding hydrogens is 397 g/mol. The number of ether oxygens (including phenoxy) is 2. The van der Waals surface area contributed by atoms with E-state index in [4.69, 9.17) is 9.47 Å². The van der Waals surface area contributed by atoms with Gasteiger partial charge in [0.1, 0.15) is 23.1 Å². The van der Waals surface area contributed by atoms with Crippen molar-refractivity contribution >= 4 is 22.4 Å². The van der Waals surface area contributed by atoms with Crippen LogP contribution in [0.1, 0.15) is 6.42 Å². The lowest BCUT2D eigenvalue weighted by molar-refractivity contribution is 0.144. The standard InChI is InChI=1S/C17H26FN3O4S.ClH/c1-24-10-11-25-16-3-2-14(18)12-17(16)26(22,23)21-7-4-15(13-21)20-8-5-19-6-9-20;/h2-3,12,15,19H,4-11,13H2,1H3;1H. The largest absolute Gasteiger partial charge is 0.490 e. The van der Waals surface area contributed by atoms with Crippen molar-refractivity contribution in [1.82, 2.24) is 14.5 Å². The van der Waals surface area contributed by atoms with Crippen molar-refractivity contribution in [3.8, 4) is 5.75 Å². The van der Waals surface area contributed by atoms with Gasteiger partial charge in [-0.1, -0.05) is 0 Å². The average molecular weight is 424 g/mol. The monoisotopic (exact) mass is 423 g/mol. The Morgan fingerprint density at radius 3 is 2.67 bits per heavy atom. The first-order valence-corrected chi connectivity index (χ1v) is 10.3. The van der Waals surface area contributed by atoms with E-state index in [2.05, 4.69) is 10.2 Å². The Balaban J connectivity index is 0.00000261. The number of hydrogen-bond acceptors (Lipinski definition) is 6. The van der Waals surface area contributed by atoms with Gasteiger partial charge in [0.15, 0.2) is 0 Å². The Morgan fingerprint density at radius 1 is 1.22 bits per heavy atom. The van der Waals surface area contributed by atoms with Crippen LogP contribution in [-0.2, 0) is 14.8 Å². The van der Waals surface area contributed by atoms with Gasteiger partial charge in [-0.05, 0) is 24.6 Å². The third-order valence-electron chi connectivity index (χ3n) is 4.86. The quantitative estimate of drug-likeness (QED) is 0.658. The van der Waals surface area contributed by atoms with Crippen LogP contribution in [-0.4, -0.2) is 83.3 Å². The summed E-state index contributed by atoms with van der Waals surface area (Å²) in [6.07, 6.45) is 0.786. The van der Waals surface area contributed by atoms with Crippen LogP contribution in [0.25, 0.3) is 0 Å². The molecule has 10 heteroatoms. The molecule has 2 fully saturated rings. The van der Waals surface area contributed by atoms with Crippen LogP contribution < -0.4 is 10.1 Å². The molecule has 0 aliphatic carbocycles. The van der Waals surface area contributed by atoms with E-state index in [1.807, 2.05) is 0 Å². The molecule has 154 valence electrons. The molecule has 2 aliphatic heterocycles. The summed E-state index contributed by atoms with van der Waals surface area (Å²) >= 11 is 0. The predicted octanol–water partition coefficient (Wildman–Crippen LogP) is 0.941. The zero-order valence-electron chi connectivity index (χ0n) is 15.4. The minimum atomic E-state index is -3.82. The predicted molar refractivity (Wildman–Crippen MR) is 103 cm³/mol. The maximum Gasteiger partial charge on any atom is 0.246 e. The molecule has 0 radical (unpaired) electrons. The molecule has 1 aromatic carbocycles. The van der Waals surface area contributed by atoms with Gasteiger partial charge in [0, 0.05) is 52.4 Å². The van der Waals surface area contributed by atoms with Crippen molar-refractivity contribution in [3.63, 3.8) is 0 Å². The molecule has 1 atom stereocenters. The van der Waals surface area contributed by atoms with Crippen LogP contribution in [0.4, 0.5) is 4.39 Å². The lowest BCUT2D eigenvalue weighted by atomic mass is 10.2. The summed E-state index contributed by atoms with van der Waals surface area (Å²) in [5.74, 6) is -0.436. The van der Waals surface area contributed by atoms with Crippen LogP contribution >= 0.6 is 12.4 Å². The second-order valence-corrected chi connectivity index (χ2v) is 8.43. The third kappa shape index (κ3) is 5.30. The van der Waals surface area contributed by atoms with Crippen molar-refractivity contribution in [1.29, 1.82) is 0 Å². The van der Waals surface area contributed by atoms with Gasteiger partial charge in [0.05, 0.1) is 6.61 Å². The molecule has 0 spiro atoms. The van der Waals surface area contributed by atoms with Gasteiger partial charge in [-0.15, -0.1) is 12.4 Å². The smallest absolute Gasteiger partial charge is 0.246 e. The van der Waals surface area contributed by atoms with Crippen LogP contribution in [0.15, 0.2) is 23.1 Å². The number of hydrogen-bond donors (Lipinski definition) is 1. The van der Waals surface area contributed by atoms with E-state index in [9.17, 15) is 12.8 Å². The average Bonchev–Trinajstić information content (AvgIpc) is 3.15. The molecule has 1 aromatic rings. The molecule has 2 saturated heterocycles. The van der Waals surface area contributed by atoms with Gasteiger partial charge in [-0.25, -0.2) is 12.8 Å². The molecule has 1 N–H and O–H groups in total. The molecule has 0 saturated carbocycles. The highest BCUT2D eigenvalue weighted by molar-refractivity contribution is 7.89. The van der Waals surface area contributed by atoms with E-state index in [1.54, 1.807) is 0 Å². The molecule has 0 bridgehead atoms. The number of piperazine rings is 1. The molecule has 2 heterocycles. The molecule has 2 aliphatic rings. The number of nitrogens with zero attached hydrogens (tertiary/aromatic N) is 2. The van der Waals surface area contributed by atoms with E-state index >= 15 is 0 Å². The molecule has 0 aromatic heterocycles. The van der Waals surface area contributed by atoms with E-state index < -0.39 is 15.8 Å². The molecule has 1 unspecified atom stereocenters. The first-order valence-electron chi connectivity index (χ1n) is 8.88. The summed E-state index contributed by atoms with van der Waals surface area (Å²) in [6.45, 7) is 5.07. The minimum Gasteiger partial charge on any atom is -0.490 e. The molecular formula is C17H27ClFN3O4S. The van der Waals surface area contributed by atoms with Crippen molar-refractivity contribution in [2.24, 2.45) is 0 Å². The first-order chi connectivity index (χ1) is 12.5. The van der Waals surface area contributed by atoms with Gasteiger partial charge >= 0.3 is 0 Å². The Bertz CT molecular complexity index is 716. The summed E-state index contributed by atoms with van der Waals surface area (Å²) in [5, 5.41) is 3.30. The lowest BCUT2D eigenvalue weighted by Gasteiger charge is -2.32. The topological polar surface area (TPSA) is 71.1 Å². The lowest BCUT2D eigenvalue weighted by Crippen LogP contribution is -2.49. The third-order valence-corrected chi connectivity index (χ3v) is 6.75. The van der Waals surface area contributed by atoms with E-state index in [1.165, 1.54) is 23.5 Å². The fourth-order valence-electron chi connectivity index (χ4n) is 3.45. The van der Waals surface area contributed by atoms with Gasteiger partial charge in [-0.3, -0.25) is 4.90 Å². The highest BCUT2D eigenvalue weighted by Gasteiger charge is 2.37. The highest BCUT2D eigenvalue weighted by atomic mass is 35.5. The summed E-state index contributed by atoms with van der Waals surface area (Å²) in [4.78, 5) is 2.21. The Hall–Kier alpha value is -0.970. The summed E-state index contributed by atoms with van der Waals surface area (Å²) in [6, 6.07) is 3.81. The summed E-state index contributed by atoms with van der Waals surface area (Å²) in [5.41, 5.74) is 0. The Labute approximate surface area is 166 Å². The fraction of sp³-hybridized carbons (Fsp3) is 0.647. The summed E-state index contributed by atoms with van der Waals surface area (Å²) < 4.78 is 51.8. The van der Waals surface area contributed by atoms with Crippen molar-refractivity contribution in [3.05, 3.63) is 24.0 Å². The van der Waals surface area contributed by atoms with Crippen molar-refractivity contribution < 1.29 is 22.3 Å². The zero-order chi connectivity index (χ0) is 18.6. The maximum atomic E-state index is 13.7. The number of methoxy groups -OCH3 is 1. The van der Waals surface area contributed by atoms with Crippen LogP contribution in [0, 0.1) is 5.82 Å². The van der Waals surface area contributed by atoms with Gasteiger partial charge < -0.3 is 14.8 Å². The minimum absolute atomic E-state index is 0. The van der Waals surface area contributed by atoms with E-state index in [0.29, 0.717) is 19.7 Å². The number of rotatable bonds is 7. The second-order valence-electron chi connectivity index (χ2n) is 6.52. The SMILES string of the molecule is COCCOc1ccc(F)cc1S(=O)(=O)N1CCC(N2CCNCC2)C1.Cl. The second kappa shape index (κ2) is 9.99. The zero-order valence-corrected chi connectivity index (χ0v) is 17.0. The Kier molecular flexibility index (Phi) is 8.26. The van der Waals surface area contributed by atoms with E-state index in [-0.39, 0.29) is 35.7 Å². The van der Waals surface area contributed by atoms with Gasteiger partial charge in [-0.2, -0.15) is 4.31 Å². The fourth-order valence-corrected chi connectivity index (χ4v) is 5.09. The Morgan fingerprint density at radius 2 is 1.96 bits per heavy atom. The molecule has 27 heavy (non-hydrogen) atoms. The highest BCUT2D eigenvalue weighted by Crippen LogP contribution is 2.30. The number of benzene rings is 1. The number of halogens is 2.